The fraction of sp³-hybridized carbons (Fsp3) is 0.158. The molecule has 0 aromatic heterocycles. The van der Waals surface area contributed by atoms with Gasteiger partial charge in [0, 0.05) is 12.6 Å². The van der Waals surface area contributed by atoms with Crippen LogP contribution in [-0.2, 0) is 9.59 Å². The van der Waals surface area contributed by atoms with Gasteiger partial charge in [-0.3, -0.25) is 9.59 Å². The third-order valence-corrected chi connectivity index (χ3v) is 3.15. The molecule has 2 rings (SSSR count). The average Bonchev–Trinajstić information content (AvgIpc) is 2.46. The maximum atomic E-state index is 12.5. The van der Waals surface area contributed by atoms with E-state index >= 15 is 0 Å². The second-order valence-electron chi connectivity index (χ2n) is 5.48. The summed E-state index contributed by atoms with van der Waals surface area (Å²) in [6.07, 6.45) is 1.65. The zero-order chi connectivity index (χ0) is 16.8. The number of aryl methyl sites for hydroxylation is 2. The number of carbonyl (C=O) groups excluding carboxylic acids is 2. The fourth-order valence-corrected chi connectivity index (χ4v) is 2.31. The Bertz CT molecular complexity index is 729. The molecule has 2 N–H and O–H groups in total. The van der Waals surface area contributed by atoms with Crippen molar-refractivity contribution in [3.63, 3.8) is 0 Å². The molecule has 23 heavy (non-hydrogen) atoms. The molecule has 118 valence electrons. The van der Waals surface area contributed by atoms with Crippen LogP contribution in [0.3, 0.4) is 0 Å². The molecule has 0 spiro atoms. The molecule has 0 atom stereocenters. The van der Waals surface area contributed by atoms with Crippen LogP contribution >= 0.6 is 0 Å². The van der Waals surface area contributed by atoms with Gasteiger partial charge in [-0.25, -0.2) is 0 Å². The summed E-state index contributed by atoms with van der Waals surface area (Å²) < 4.78 is 0. The quantitative estimate of drug-likeness (QED) is 0.850. The van der Waals surface area contributed by atoms with Gasteiger partial charge >= 0.3 is 0 Å². The molecular weight excluding hydrogens is 288 g/mol. The van der Waals surface area contributed by atoms with Gasteiger partial charge in [-0.1, -0.05) is 36.4 Å². The molecule has 4 heteroatoms. The van der Waals surface area contributed by atoms with Crippen molar-refractivity contribution in [1.82, 2.24) is 5.32 Å². The van der Waals surface area contributed by atoms with E-state index in [-0.39, 0.29) is 17.5 Å². The monoisotopic (exact) mass is 308 g/mol. The summed E-state index contributed by atoms with van der Waals surface area (Å²) in [6, 6.07) is 15.2. The molecule has 2 aromatic carbocycles. The Kier molecular flexibility index (Phi) is 5.31. The molecule has 2 aromatic rings. The molecule has 0 aliphatic carbocycles. The molecule has 0 saturated heterocycles. The van der Waals surface area contributed by atoms with E-state index in [4.69, 9.17) is 0 Å². The van der Waals surface area contributed by atoms with Crippen LogP contribution in [-0.4, -0.2) is 11.8 Å². The lowest BCUT2D eigenvalue weighted by atomic mass is 10.1. The lowest BCUT2D eigenvalue weighted by Crippen LogP contribution is -2.29. The summed E-state index contributed by atoms with van der Waals surface area (Å²) >= 11 is 0. The second-order valence-corrected chi connectivity index (χ2v) is 5.48. The highest BCUT2D eigenvalue weighted by Crippen LogP contribution is 2.15. The third kappa shape index (κ3) is 5.11. The van der Waals surface area contributed by atoms with E-state index in [1.807, 2.05) is 62.4 Å². The normalized spacial score (nSPS) is 11.0. The molecular formula is C19H20N2O2. The van der Waals surface area contributed by atoms with Crippen molar-refractivity contribution in [2.45, 2.75) is 20.8 Å². The largest absolute Gasteiger partial charge is 0.322 e. The van der Waals surface area contributed by atoms with Gasteiger partial charge in [0.2, 0.25) is 5.91 Å². The van der Waals surface area contributed by atoms with Crippen molar-refractivity contribution in [2.75, 3.05) is 5.32 Å². The smallest absolute Gasteiger partial charge is 0.272 e. The molecule has 0 bridgehead atoms. The summed E-state index contributed by atoms with van der Waals surface area (Å²) in [5, 5.41) is 5.42. The van der Waals surface area contributed by atoms with E-state index < -0.39 is 0 Å². The highest BCUT2D eigenvalue weighted by molar-refractivity contribution is 6.08. The van der Waals surface area contributed by atoms with Gasteiger partial charge in [0.15, 0.2) is 0 Å². The topological polar surface area (TPSA) is 58.2 Å². The van der Waals surface area contributed by atoms with Gasteiger partial charge in [-0.05, 0) is 48.7 Å². The maximum absolute atomic E-state index is 12.5. The van der Waals surface area contributed by atoms with Crippen molar-refractivity contribution in [3.8, 4) is 0 Å². The Morgan fingerprint density at radius 1 is 0.957 bits per heavy atom. The minimum atomic E-state index is -0.353. The van der Waals surface area contributed by atoms with Crippen LogP contribution < -0.4 is 10.6 Å². The van der Waals surface area contributed by atoms with Gasteiger partial charge in [0.05, 0.1) is 0 Å². The van der Waals surface area contributed by atoms with Crippen molar-refractivity contribution in [2.24, 2.45) is 0 Å². The number of amides is 2. The van der Waals surface area contributed by atoms with Crippen LogP contribution in [0.15, 0.2) is 54.2 Å². The number of hydrogen-bond donors (Lipinski definition) is 2. The van der Waals surface area contributed by atoms with E-state index in [2.05, 4.69) is 10.6 Å². The number of anilines is 1. The van der Waals surface area contributed by atoms with Gasteiger partial charge < -0.3 is 10.6 Å². The molecule has 0 saturated carbocycles. The average molecular weight is 308 g/mol. The first-order chi connectivity index (χ1) is 10.9. The first-order valence-corrected chi connectivity index (χ1v) is 7.38. The highest BCUT2D eigenvalue weighted by Gasteiger charge is 2.12. The van der Waals surface area contributed by atoms with Crippen LogP contribution in [0.25, 0.3) is 6.08 Å². The van der Waals surface area contributed by atoms with Crippen LogP contribution in [0.4, 0.5) is 5.69 Å². The minimum absolute atomic E-state index is 0.211. The predicted octanol–water partition coefficient (Wildman–Crippen LogP) is 3.42. The first kappa shape index (κ1) is 16.5. The van der Waals surface area contributed by atoms with Crippen LogP contribution in [0.5, 0.6) is 0 Å². The fourth-order valence-electron chi connectivity index (χ4n) is 2.31. The lowest BCUT2D eigenvalue weighted by Gasteiger charge is -2.11. The predicted molar refractivity (Wildman–Crippen MR) is 92.8 cm³/mol. The molecule has 2 amide bonds. The van der Waals surface area contributed by atoms with Crippen LogP contribution in [0.2, 0.25) is 0 Å². The van der Waals surface area contributed by atoms with Crippen LogP contribution in [0.1, 0.15) is 23.6 Å². The van der Waals surface area contributed by atoms with Gasteiger partial charge in [0.25, 0.3) is 5.91 Å². The second kappa shape index (κ2) is 7.40. The molecule has 4 nitrogen and oxygen atoms in total. The summed E-state index contributed by atoms with van der Waals surface area (Å²) in [5.74, 6) is -0.642. The van der Waals surface area contributed by atoms with Crippen molar-refractivity contribution in [3.05, 3.63) is 70.9 Å². The van der Waals surface area contributed by atoms with E-state index in [1.165, 1.54) is 6.92 Å². The zero-order valence-electron chi connectivity index (χ0n) is 13.5. The van der Waals surface area contributed by atoms with Gasteiger partial charge in [-0.15, -0.1) is 0 Å². The molecule has 0 unspecified atom stereocenters. The molecule has 0 heterocycles. The molecule has 0 aliphatic rings. The Balaban J connectivity index is 2.26. The van der Waals surface area contributed by atoms with Gasteiger partial charge in [0.1, 0.15) is 5.70 Å². The number of nitrogens with one attached hydrogen (secondary N) is 2. The zero-order valence-corrected chi connectivity index (χ0v) is 13.5. The summed E-state index contributed by atoms with van der Waals surface area (Å²) in [7, 11) is 0. The Morgan fingerprint density at radius 2 is 1.57 bits per heavy atom. The SMILES string of the molecule is CC(=O)NC(=Cc1ccccc1)C(=O)Nc1cc(C)cc(C)c1. The van der Waals surface area contributed by atoms with Crippen molar-refractivity contribution < 1.29 is 9.59 Å². The standard InChI is InChI=1S/C19H20N2O2/c1-13-9-14(2)11-17(10-13)21-19(23)18(20-15(3)22)12-16-7-5-4-6-8-16/h4-12H,1-3H3,(H,20,22)(H,21,23). The van der Waals surface area contributed by atoms with E-state index in [0.29, 0.717) is 5.69 Å². The van der Waals surface area contributed by atoms with Crippen molar-refractivity contribution in [1.29, 1.82) is 0 Å². The number of benzene rings is 2. The summed E-state index contributed by atoms with van der Waals surface area (Å²) in [5.41, 5.74) is 3.88. The Labute approximate surface area is 136 Å². The van der Waals surface area contributed by atoms with E-state index in [0.717, 1.165) is 16.7 Å². The highest BCUT2D eigenvalue weighted by atomic mass is 16.2. The first-order valence-electron chi connectivity index (χ1n) is 7.38. The van der Waals surface area contributed by atoms with E-state index in [1.54, 1.807) is 6.08 Å². The molecule has 0 aliphatic heterocycles. The van der Waals surface area contributed by atoms with Crippen LogP contribution in [0, 0.1) is 13.8 Å². The molecule has 0 fully saturated rings. The third-order valence-electron chi connectivity index (χ3n) is 3.15. The number of hydrogen-bond acceptors (Lipinski definition) is 2. The maximum Gasteiger partial charge on any atom is 0.272 e. The van der Waals surface area contributed by atoms with Gasteiger partial charge in [-0.2, -0.15) is 0 Å². The lowest BCUT2D eigenvalue weighted by molar-refractivity contribution is -0.120. The number of carbonyl (C=O) groups is 2. The minimum Gasteiger partial charge on any atom is -0.322 e. The summed E-state index contributed by atoms with van der Waals surface area (Å²) in [4.78, 5) is 23.9. The molecule has 0 radical (unpaired) electrons. The number of rotatable bonds is 4. The Morgan fingerprint density at radius 3 is 2.13 bits per heavy atom. The van der Waals surface area contributed by atoms with Crippen molar-refractivity contribution >= 4 is 23.6 Å². The summed E-state index contributed by atoms with van der Waals surface area (Å²) in [6.45, 7) is 5.32. The van der Waals surface area contributed by atoms with E-state index in [9.17, 15) is 9.59 Å². The Hall–Kier alpha value is -2.88.